The molecule has 6 heteroatoms. The third kappa shape index (κ3) is 4.27. The third-order valence-electron chi connectivity index (χ3n) is 4.74. The summed E-state index contributed by atoms with van der Waals surface area (Å²) in [7, 11) is 0. The summed E-state index contributed by atoms with van der Waals surface area (Å²) in [6, 6.07) is 7.34. The molecule has 0 spiro atoms. The van der Waals surface area contributed by atoms with Gasteiger partial charge < -0.3 is 14.7 Å². The highest BCUT2D eigenvalue weighted by atomic mass is 35.5. The second-order valence-corrected chi connectivity index (χ2v) is 8.02. The van der Waals surface area contributed by atoms with Crippen molar-refractivity contribution in [3.63, 3.8) is 0 Å². The topological polar surface area (TPSA) is 58.4 Å². The fraction of sp³-hybridized carbons (Fsp3) is 0.500. The highest BCUT2D eigenvalue weighted by Gasteiger charge is 2.29. The van der Waals surface area contributed by atoms with Crippen molar-refractivity contribution in [2.24, 2.45) is 0 Å². The van der Waals surface area contributed by atoms with Crippen LogP contribution in [0.3, 0.4) is 0 Å². The van der Waals surface area contributed by atoms with E-state index < -0.39 is 0 Å². The molecule has 3 rings (SSSR count). The Kier molecular flexibility index (Phi) is 5.68. The van der Waals surface area contributed by atoms with Crippen LogP contribution in [0.5, 0.6) is 0 Å². The number of hydrogen-bond donors (Lipinski definition) is 1. The van der Waals surface area contributed by atoms with Gasteiger partial charge in [0, 0.05) is 17.6 Å². The second kappa shape index (κ2) is 7.80. The van der Waals surface area contributed by atoms with E-state index in [1.54, 1.807) is 13.0 Å². The molecule has 0 aliphatic carbocycles. The average Bonchev–Trinajstić information content (AvgIpc) is 2.97. The van der Waals surface area contributed by atoms with E-state index in [2.05, 4.69) is 29.2 Å². The average molecular weight is 376 g/mol. The Morgan fingerprint density at radius 2 is 1.96 bits per heavy atom. The number of carbonyl (C=O) groups is 1. The standard InChI is InChI=1S/C20H26ClN3O2/c1-14-17(18(23-26-14)15-9-5-6-10-16(15)21)19(25)22-20(2,3)13-24-11-7-4-8-12-24/h5-6,9-10H,4,7-8,11-13H2,1-3H3,(H,22,25). The predicted molar refractivity (Wildman–Crippen MR) is 104 cm³/mol. The van der Waals surface area contributed by atoms with Gasteiger partial charge in [0.2, 0.25) is 0 Å². The van der Waals surface area contributed by atoms with Gasteiger partial charge in [0.05, 0.1) is 5.02 Å². The van der Waals surface area contributed by atoms with Crippen LogP contribution in [0.1, 0.15) is 49.2 Å². The normalized spacial score (nSPS) is 15.8. The Labute approximate surface area is 159 Å². The lowest BCUT2D eigenvalue weighted by molar-refractivity contribution is 0.0877. The van der Waals surface area contributed by atoms with Gasteiger partial charge in [0.15, 0.2) is 0 Å². The summed E-state index contributed by atoms with van der Waals surface area (Å²) in [4.78, 5) is 15.4. The van der Waals surface area contributed by atoms with Crippen LogP contribution >= 0.6 is 11.6 Å². The maximum Gasteiger partial charge on any atom is 0.257 e. The smallest absolute Gasteiger partial charge is 0.257 e. The zero-order valence-electron chi connectivity index (χ0n) is 15.6. The Balaban J connectivity index is 1.79. The molecule has 26 heavy (non-hydrogen) atoms. The van der Waals surface area contributed by atoms with Crippen LogP contribution in [0.25, 0.3) is 11.3 Å². The molecule has 1 aliphatic heterocycles. The molecular formula is C20H26ClN3O2. The molecule has 2 aromatic rings. The number of hydrogen-bond acceptors (Lipinski definition) is 4. The van der Waals surface area contributed by atoms with E-state index in [9.17, 15) is 4.79 Å². The van der Waals surface area contributed by atoms with Crippen molar-refractivity contribution in [1.29, 1.82) is 0 Å². The molecular weight excluding hydrogens is 350 g/mol. The lowest BCUT2D eigenvalue weighted by Gasteiger charge is -2.35. The van der Waals surface area contributed by atoms with E-state index in [1.807, 2.05) is 18.2 Å². The summed E-state index contributed by atoms with van der Waals surface area (Å²) in [6.07, 6.45) is 3.75. The highest BCUT2D eigenvalue weighted by molar-refractivity contribution is 6.33. The fourth-order valence-corrected chi connectivity index (χ4v) is 3.79. The van der Waals surface area contributed by atoms with Crippen LogP contribution in [0.2, 0.25) is 5.02 Å². The molecule has 2 heterocycles. The SMILES string of the molecule is Cc1onc(-c2ccccc2Cl)c1C(=O)NC(C)(C)CN1CCCCC1. The first kappa shape index (κ1) is 18.9. The van der Waals surface area contributed by atoms with Gasteiger partial charge in [-0.05, 0) is 52.8 Å². The zero-order valence-corrected chi connectivity index (χ0v) is 16.4. The lowest BCUT2D eigenvalue weighted by Crippen LogP contribution is -2.52. The minimum Gasteiger partial charge on any atom is -0.360 e. The summed E-state index contributed by atoms with van der Waals surface area (Å²) in [5.74, 6) is 0.312. The first-order chi connectivity index (χ1) is 12.4. The van der Waals surface area contributed by atoms with Crippen LogP contribution < -0.4 is 5.32 Å². The van der Waals surface area contributed by atoms with Crippen LogP contribution in [-0.2, 0) is 0 Å². The molecule has 140 valence electrons. The number of carbonyl (C=O) groups excluding carboxylic acids is 1. The van der Waals surface area contributed by atoms with Crippen LogP contribution in [0, 0.1) is 6.92 Å². The van der Waals surface area contributed by atoms with Crippen molar-refractivity contribution in [2.75, 3.05) is 19.6 Å². The van der Waals surface area contributed by atoms with Crippen LogP contribution in [0.15, 0.2) is 28.8 Å². The predicted octanol–water partition coefficient (Wildman–Crippen LogP) is 4.30. The number of nitrogens with one attached hydrogen (secondary N) is 1. The number of aryl methyl sites for hydroxylation is 1. The third-order valence-corrected chi connectivity index (χ3v) is 5.07. The quantitative estimate of drug-likeness (QED) is 0.846. The minimum atomic E-state index is -0.351. The Morgan fingerprint density at radius 1 is 1.27 bits per heavy atom. The van der Waals surface area contributed by atoms with E-state index in [1.165, 1.54) is 19.3 Å². The molecule has 1 aromatic heterocycles. The summed E-state index contributed by atoms with van der Waals surface area (Å²) in [5, 5.41) is 7.78. The first-order valence-corrected chi connectivity index (χ1v) is 9.51. The summed E-state index contributed by atoms with van der Waals surface area (Å²) >= 11 is 6.29. The van der Waals surface area contributed by atoms with Crippen molar-refractivity contribution in [3.8, 4) is 11.3 Å². The van der Waals surface area contributed by atoms with Crippen molar-refractivity contribution in [1.82, 2.24) is 15.4 Å². The minimum absolute atomic E-state index is 0.180. The van der Waals surface area contributed by atoms with Crippen molar-refractivity contribution < 1.29 is 9.32 Å². The van der Waals surface area contributed by atoms with Crippen molar-refractivity contribution in [2.45, 2.75) is 45.6 Å². The van der Waals surface area contributed by atoms with Crippen LogP contribution in [0.4, 0.5) is 0 Å². The van der Waals surface area contributed by atoms with Gasteiger partial charge in [-0.1, -0.05) is 41.4 Å². The molecule has 0 saturated carbocycles. The monoisotopic (exact) mass is 375 g/mol. The van der Waals surface area contributed by atoms with Gasteiger partial charge >= 0.3 is 0 Å². The molecule has 1 saturated heterocycles. The zero-order chi connectivity index (χ0) is 18.7. The maximum absolute atomic E-state index is 13.0. The second-order valence-electron chi connectivity index (χ2n) is 7.62. The molecule has 0 bridgehead atoms. The van der Waals surface area contributed by atoms with Crippen LogP contribution in [-0.4, -0.2) is 41.1 Å². The van der Waals surface area contributed by atoms with E-state index in [-0.39, 0.29) is 11.4 Å². The number of benzene rings is 1. The van der Waals surface area contributed by atoms with E-state index >= 15 is 0 Å². The molecule has 1 aliphatic rings. The number of halogens is 1. The van der Waals surface area contributed by atoms with Gasteiger partial charge in [0.25, 0.3) is 5.91 Å². The van der Waals surface area contributed by atoms with E-state index in [4.69, 9.17) is 16.1 Å². The summed E-state index contributed by atoms with van der Waals surface area (Å²) in [5.41, 5.74) is 1.28. The fourth-order valence-electron chi connectivity index (χ4n) is 3.56. The molecule has 1 aromatic carbocycles. The Bertz CT molecular complexity index is 779. The largest absolute Gasteiger partial charge is 0.360 e. The van der Waals surface area contributed by atoms with Gasteiger partial charge in [-0.3, -0.25) is 4.79 Å². The number of amides is 1. The molecule has 0 radical (unpaired) electrons. The maximum atomic E-state index is 13.0. The molecule has 1 fully saturated rings. The Morgan fingerprint density at radius 3 is 2.65 bits per heavy atom. The number of nitrogens with zero attached hydrogens (tertiary/aromatic N) is 2. The Hall–Kier alpha value is -1.85. The van der Waals surface area contributed by atoms with Gasteiger partial charge in [0.1, 0.15) is 17.0 Å². The van der Waals surface area contributed by atoms with Gasteiger partial charge in [-0.15, -0.1) is 0 Å². The number of rotatable bonds is 5. The number of likely N-dealkylation sites (tertiary alicyclic amines) is 1. The van der Waals surface area contributed by atoms with Crippen molar-refractivity contribution >= 4 is 17.5 Å². The van der Waals surface area contributed by atoms with E-state index in [0.717, 1.165) is 19.6 Å². The van der Waals surface area contributed by atoms with Gasteiger partial charge in [-0.2, -0.15) is 0 Å². The molecule has 5 nitrogen and oxygen atoms in total. The first-order valence-electron chi connectivity index (χ1n) is 9.13. The lowest BCUT2D eigenvalue weighted by atomic mass is 10.00. The molecule has 0 unspecified atom stereocenters. The summed E-state index contributed by atoms with van der Waals surface area (Å²) < 4.78 is 5.31. The summed E-state index contributed by atoms with van der Waals surface area (Å²) in [6.45, 7) is 8.87. The molecule has 1 N–H and O–H groups in total. The highest BCUT2D eigenvalue weighted by Crippen LogP contribution is 2.31. The molecule has 1 amide bonds. The van der Waals surface area contributed by atoms with Gasteiger partial charge in [-0.25, -0.2) is 0 Å². The number of aromatic nitrogens is 1. The molecule has 0 atom stereocenters. The number of piperidine rings is 1. The van der Waals surface area contributed by atoms with Crippen molar-refractivity contribution in [3.05, 3.63) is 40.6 Å². The van der Waals surface area contributed by atoms with E-state index in [0.29, 0.717) is 27.6 Å².